The summed E-state index contributed by atoms with van der Waals surface area (Å²) in [6.45, 7) is 3.23. The Morgan fingerprint density at radius 2 is 2.14 bits per heavy atom. The molecule has 4 rings (SSSR count). The Labute approximate surface area is 162 Å². The Morgan fingerprint density at radius 1 is 1.25 bits per heavy atom. The van der Waals surface area contributed by atoms with Gasteiger partial charge in [0.2, 0.25) is 0 Å². The molecule has 2 aromatic carbocycles. The zero-order valence-corrected chi connectivity index (χ0v) is 15.9. The first-order valence-corrected chi connectivity index (χ1v) is 9.10. The Hall–Kier alpha value is -3.32. The van der Waals surface area contributed by atoms with Crippen molar-refractivity contribution in [3.8, 4) is 5.75 Å². The number of aryl methyl sites for hydroxylation is 1. The fourth-order valence-electron chi connectivity index (χ4n) is 3.26. The standard InChI is InChI=1S/C21H22N4O3/c1-14-22-17-7-6-15(12-18(17)23-14)24-21(26)13-28-20-5-3-4-19-16(20)8-9-25(19)10-11-27-2/h3-9,12H,10-11,13H2,1-2H3,(H,22,23)(H,24,26). The number of carbonyl (C=O) groups excluding carboxylic acids is 1. The van der Waals surface area contributed by atoms with Crippen molar-refractivity contribution in [3.63, 3.8) is 0 Å². The highest BCUT2D eigenvalue weighted by Crippen LogP contribution is 2.26. The number of hydrogen-bond donors (Lipinski definition) is 2. The minimum Gasteiger partial charge on any atom is -0.483 e. The maximum absolute atomic E-state index is 12.3. The van der Waals surface area contributed by atoms with Crippen molar-refractivity contribution in [2.75, 3.05) is 25.6 Å². The molecule has 4 aromatic rings. The van der Waals surface area contributed by atoms with Gasteiger partial charge in [0.05, 0.1) is 23.2 Å². The molecule has 7 heteroatoms. The van der Waals surface area contributed by atoms with Crippen molar-refractivity contribution in [2.24, 2.45) is 0 Å². The van der Waals surface area contributed by atoms with E-state index in [1.165, 1.54) is 0 Å². The molecule has 0 bridgehead atoms. The SMILES string of the molecule is COCCn1ccc2c(OCC(=O)Nc3ccc4nc(C)[nH]c4c3)cccc21. The number of carbonyl (C=O) groups is 1. The number of nitrogens with zero attached hydrogens (tertiary/aromatic N) is 2. The van der Waals surface area contributed by atoms with Crippen LogP contribution in [-0.4, -0.2) is 40.8 Å². The van der Waals surface area contributed by atoms with Gasteiger partial charge in [0.15, 0.2) is 6.61 Å². The van der Waals surface area contributed by atoms with Gasteiger partial charge >= 0.3 is 0 Å². The molecule has 0 aliphatic carbocycles. The summed E-state index contributed by atoms with van der Waals surface area (Å²) in [5.74, 6) is 1.31. The average molecular weight is 378 g/mol. The summed E-state index contributed by atoms with van der Waals surface area (Å²) in [6.07, 6.45) is 2.00. The van der Waals surface area contributed by atoms with Crippen LogP contribution in [0, 0.1) is 6.92 Å². The third-order valence-electron chi connectivity index (χ3n) is 4.55. The Kier molecular flexibility index (Phi) is 4.99. The van der Waals surface area contributed by atoms with Gasteiger partial charge in [0, 0.05) is 30.9 Å². The number of benzene rings is 2. The molecule has 0 spiro atoms. The van der Waals surface area contributed by atoms with Crippen LogP contribution in [0.3, 0.4) is 0 Å². The second kappa shape index (κ2) is 7.74. The number of aromatic nitrogens is 3. The second-order valence-electron chi connectivity index (χ2n) is 6.58. The van der Waals surface area contributed by atoms with Crippen LogP contribution in [0.5, 0.6) is 5.75 Å². The number of rotatable bonds is 7. The summed E-state index contributed by atoms with van der Waals surface area (Å²) in [7, 11) is 1.68. The molecule has 0 fully saturated rings. The van der Waals surface area contributed by atoms with Gasteiger partial charge in [-0.05, 0) is 43.3 Å². The third-order valence-corrected chi connectivity index (χ3v) is 4.55. The van der Waals surface area contributed by atoms with Crippen molar-refractivity contribution in [3.05, 3.63) is 54.5 Å². The van der Waals surface area contributed by atoms with Crippen LogP contribution in [0.4, 0.5) is 5.69 Å². The highest BCUT2D eigenvalue weighted by atomic mass is 16.5. The van der Waals surface area contributed by atoms with Crippen LogP contribution >= 0.6 is 0 Å². The highest BCUT2D eigenvalue weighted by molar-refractivity contribution is 5.94. The van der Waals surface area contributed by atoms with Gasteiger partial charge in [-0.3, -0.25) is 4.79 Å². The molecular weight excluding hydrogens is 356 g/mol. The largest absolute Gasteiger partial charge is 0.483 e. The normalized spacial score (nSPS) is 11.2. The van der Waals surface area contributed by atoms with E-state index >= 15 is 0 Å². The quantitative estimate of drug-likeness (QED) is 0.516. The zero-order valence-electron chi connectivity index (χ0n) is 15.9. The Morgan fingerprint density at radius 3 is 3.00 bits per heavy atom. The van der Waals surface area contributed by atoms with Crippen LogP contribution in [0.1, 0.15) is 5.82 Å². The van der Waals surface area contributed by atoms with E-state index in [0.717, 1.165) is 34.3 Å². The van der Waals surface area contributed by atoms with Crippen molar-refractivity contribution >= 4 is 33.5 Å². The van der Waals surface area contributed by atoms with E-state index in [-0.39, 0.29) is 12.5 Å². The summed E-state index contributed by atoms with van der Waals surface area (Å²) >= 11 is 0. The van der Waals surface area contributed by atoms with Gasteiger partial charge in [0.25, 0.3) is 5.91 Å². The Bertz CT molecular complexity index is 1130. The number of anilines is 1. The molecule has 0 atom stereocenters. The van der Waals surface area contributed by atoms with Crippen molar-refractivity contribution in [1.82, 2.24) is 14.5 Å². The summed E-state index contributed by atoms with van der Waals surface area (Å²) in [4.78, 5) is 19.8. The molecule has 0 unspecified atom stereocenters. The number of imidazole rings is 1. The van der Waals surface area contributed by atoms with Crippen LogP contribution < -0.4 is 10.1 Å². The van der Waals surface area contributed by atoms with Crippen LogP contribution in [-0.2, 0) is 16.1 Å². The fraction of sp³-hybridized carbons (Fsp3) is 0.238. The molecule has 0 aliphatic heterocycles. The second-order valence-corrected chi connectivity index (χ2v) is 6.58. The number of aromatic amines is 1. The highest BCUT2D eigenvalue weighted by Gasteiger charge is 2.10. The van der Waals surface area contributed by atoms with Gasteiger partial charge in [-0.1, -0.05) is 6.07 Å². The van der Waals surface area contributed by atoms with E-state index in [0.29, 0.717) is 18.0 Å². The Balaban J connectivity index is 1.43. The molecule has 0 radical (unpaired) electrons. The summed E-state index contributed by atoms with van der Waals surface area (Å²) in [5.41, 5.74) is 3.51. The summed E-state index contributed by atoms with van der Waals surface area (Å²) < 4.78 is 13.0. The summed E-state index contributed by atoms with van der Waals surface area (Å²) in [6, 6.07) is 13.4. The number of fused-ring (bicyclic) bond motifs is 2. The fourth-order valence-corrected chi connectivity index (χ4v) is 3.26. The molecule has 0 aliphatic rings. The van der Waals surface area contributed by atoms with Crippen LogP contribution in [0.15, 0.2) is 48.7 Å². The van der Waals surface area contributed by atoms with E-state index in [9.17, 15) is 4.79 Å². The third kappa shape index (κ3) is 3.70. The van der Waals surface area contributed by atoms with Gasteiger partial charge in [0.1, 0.15) is 11.6 Å². The lowest BCUT2D eigenvalue weighted by Gasteiger charge is -2.10. The molecule has 28 heavy (non-hydrogen) atoms. The van der Waals surface area contributed by atoms with Gasteiger partial charge in [-0.15, -0.1) is 0 Å². The van der Waals surface area contributed by atoms with E-state index in [2.05, 4.69) is 19.9 Å². The van der Waals surface area contributed by atoms with E-state index in [4.69, 9.17) is 9.47 Å². The number of nitrogens with one attached hydrogen (secondary N) is 2. The predicted molar refractivity (Wildman–Crippen MR) is 109 cm³/mol. The maximum Gasteiger partial charge on any atom is 0.262 e. The lowest BCUT2D eigenvalue weighted by Crippen LogP contribution is -2.20. The van der Waals surface area contributed by atoms with Crippen molar-refractivity contribution in [2.45, 2.75) is 13.5 Å². The molecule has 144 valence electrons. The average Bonchev–Trinajstić information content (AvgIpc) is 3.27. The van der Waals surface area contributed by atoms with Crippen LogP contribution in [0.25, 0.3) is 21.9 Å². The lowest BCUT2D eigenvalue weighted by molar-refractivity contribution is -0.118. The van der Waals surface area contributed by atoms with E-state index in [1.54, 1.807) is 7.11 Å². The van der Waals surface area contributed by atoms with Gasteiger partial charge in [-0.2, -0.15) is 0 Å². The molecule has 0 saturated heterocycles. The molecule has 0 saturated carbocycles. The minimum absolute atomic E-state index is 0.0671. The molecule has 2 aromatic heterocycles. The zero-order chi connectivity index (χ0) is 19.5. The molecule has 2 heterocycles. The summed E-state index contributed by atoms with van der Waals surface area (Å²) in [5, 5.41) is 3.83. The number of hydrogen-bond acceptors (Lipinski definition) is 4. The number of amides is 1. The van der Waals surface area contributed by atoms with Gasteiger partial charge < -0.3 is 24.3 Å². The predicted octanol–water partition coefficient (Wildman–Crippen LogP) is 3.49. The molecule has 2 N–H and O–H groups in total. The first-order chi connectivity index (χ1) is 13.6. The molecule has 1 amide bonds. The first-order valence-electron chi connectivity index (χ1n) is 9.10. The number of H-pyrrole nitrogens is 1. The number of ether oxygens (including phenoxy) is 2. The minimum atomic E-state index is -0.216. The number of methoxy groups -OCH3 is 1. The molecule has 7 nitrogen and oxygen atoms in total. The molecular formula is C21H22N4O3. The smallest absolute Gasteiger partial charge is 0.262 e. The van der Waals surface area contributed by atoms with Crippen molar-refractivity contribution < 1.29 is 14.3 Å². The van der Waals surface area contributed by atoms with E-state index < -0.39 is 0 Å². The lowest BCUT2D eigenvalue weighted by atomic mass is 10.2. The first kappa shape index (κ1) is 18.1. The van der Waals surface area contributed by atoms with E-state index in [1.807, 2.05) is 55.6 Å². The van der Waals surface area contributed by atoms with Crippen LogP contribution in [0.2, 0.25) is 0 Å². The van der Waals surface area contributed by atoms with Crippen molar-refractivity contribution in [1.29, 1.82) is 0 Å². The van der Waals surface area contributed by atoms with Gasteiger partial charge in [-0.25, -0.2) is 4.98 Å². The monoisotopic (exact) mass is 378 g/mol. The maximum atomic E-state index is 12.3. The topological polar surface area (TPSA) is 81.2 Å².